The van der Waals surface area contributed by atoms with Crippen molar-refractivity contribution in [2.75, 3.05) is 23.3 Å². The van der Waals surface area contributed by atoms with Crippen LogP contribution in [0.5, 0.6) is 5.75 Å². The second kappa shape index (κ2) is 13.7. The average molecular weight is 553 g/mol. The first-order chi connectivity index (χ1) is 19.8. The fourth-order valence-electron chi connectivity index (χ4n) is 3.77. The van der Waals surface area contributed by atoms with Gasteiger partial charge in [-0.3, -0.25) is 4.79 Å². The lowest BCUT2D eigenvalue weighted by molar-refractivity contribution is -0.114. The molecular formula is C30H29FN8O2. The Morgan fingerprint density at radius 1 is 0.707 bits per heavy atom. The number of amides is 1. The van der Waals surface area contributed by atoms with Gasteiger partial charge in [0.25, 0.3) is 0 Å². The maximum absolute atomic E-state index is 14.7. The van der Waals surface area contributed by atoms with Gasteiger partial charge < -0.3 is 15.3 Å². The zero-order valence-corrected chi connectivity index (χ0v) is 22.9. The van der Waals surface area contributed by atoms with E-state index in [1.807, 2.05) is 12.1 Å². The number of nitrogens with one attached hydrogen (secondary N) is 1. The SMILES string of the molecule is CCN(CC)c1ccc(N=Nc2ccc(N=Nc3ccc(N=Nc4ccc(O)cc4)cc3)c(F)c2)c(NC(C)=O)c1. The minimum Gasteiger partial charge on any atom is -0.508 e. The van der Waals surface area contributed by atoms with Crippen LogP contribution in [0.1, 0.15) is 20.8 Å². The highest BCUT2D eigenvalue weighted by Crippen LogP contribution is 2.33. The van der Waals surface area contributed by atoms with E-state index in [0.29, 0.717) is 28.4 Å². The number of phenolic OH excluding ortho intramolecular Hbond substituents is 1. The third-order valence-corrected chi connectivity index (χ3v) is 5.88. The van der Waals surface area contributed by atoms with Gasteiger partial charge in [0.1, 0.15) is 17.1 Å². The van der Waals surface area contributed by atoms with Crippen molar-refractivity contribution < 1.29 is 14.3 Å². The summed E-state index contributed by atoms with van der Waals surface area (Å²) >= 11 is 0. The number of aromatic hydroxyl groups is 1. The highest BCUT2D eigenvalue weighted by Gasteiger charge is 2.09. The van der Waals surface area contributed by atoms with E-state index in [-0.39, 0.29) is 23.0 Å². The van der Waals surface area contributed by atoms with Crippen molar-refractivity contribution >= 4 is 51.4 Å². The molecule has 0 radical (unpaired) electrons. The van der Waals surface area contributed by atoms with E-state index >= 15 is 0 Å². The van der Waals surface area contributed by atoms with Crippen LogP contribution in [-0.4, -0.2) is 24.1 Å². The van der Waals surface area contributed by atoms with E-state index < -0.39 is 5.82 Å². The van der Waals surface area contributed by atoms with Crippen molar-refractivity contribution in [3.63, 3.8) is 0 Å². The summed E-state index contributed by atoms with van der Waals surface area (Å²) in [7, 11) is 0. The molecule has 0 unspecified atom stereocenters. The number of carbonyl (C=O) groups is 1. The van der Waals surface area contributed by atoms with Crippen molar-refractivity contribution in [1.29, 1.82) is 0 Å². The van der Waals surface area contributed by atoms with Crippen LogP contribution in [0.2, 0.25) is 0 Å². The molecule has 10 nitrogen and oxygen atoms in total. The van der Waals surface area contributed by atoms with Gasteiger partial charge in [0.15, 0.2) is 5.82 Å². The van der Waals surface area contributed by atoms with Crippen LogP contribution >= 0.6 is 0 Å². The van der Waals surface area contributed by atoms with Crippen LogP contribution in [0.4, 0.5) is 49.9 Å². The molecule has 1 amide bonds. The van der Waals surface area contributed by atoms with E-state index in [9.17, 15) is 14.3 Å². The summed E-state index contributed by atoms with van der Waals surface area (Å²) in [4.78, 5) is 13.9. The van der Waals surface area contributed by atoms with Gasteiger partial charge in [-0.2, -0.15) is 20.5 Å². The monoisotopic (exact) mass is 552 g/mol. The highest BCUT2D eigenvalue weighted by atomic mass is 19.1. The fourth-order valence-corrected chi connectivity index (χ4v) is 3.77. The fraction of sp³-hybridized carbons (Fsp3) is 0.167. The number of hydrogen-bond acceptors (Lipinski definition) is 9. The van der Waals surface area contributed by atoms with E-state index in [1.165, 1.54) is 31.2 Å². The molecule has 41 heavy (non-hydrogen) atoms. The highest BCUT2D eigenvalue weighted by molar-refractivity contribution is 5.93. The predicted octanol–water partition coefficient (Wildman–Crippen LogP) is 9.58. The maximum Gasteiger partial charge on any atom is 0.221 e. The van der Waals surface area contributed by atoms with Gasteiger partial charge in [0.2, 0.25) is 5.91 Å². The summed E-state index contributed by atoms with van der Waals surface area (Å²) < 4.78 is 14.7. The molecule has 4 rings (SSSR count). The number of anilines is 2. The summed E-state index contributed by atoms with van der Waals surface area (Å²) in [5.74, 6) is -0.682. The minimum absolute atomic E-state index is 0.0440. The number of phenols is 1. The van der Waals surface area contributed by atoms with E-state index in [2.05, 4.69) is 54.7 Å². The molecule has 0 saturated carbocycles. The lowest BCUT2D eigenvalue weighted by atomic mass is 10.2. The number of hydrogen-bond donors (Lipinski definition) is 2. The normalized spacial score (nSPS) is 11.5. The summed E-state index contributed by atoms with van der Waals surface area (Å²) in [5, 5.41) is 36.8. The molecule has 0 fully saturated rings. The Morgan fingerprint density at radius 3 is 1.76 bits per heavy atom. The van der Waals surface area contributed by atoms with Gasteiger partial charge in [-0.05, 0) is 92.7 Å². The second-order valence-electron chi connectivity index (χ2n) is 8.82. The Morgan fingerprint density at radius 2 is 1.20 bits per heavy atom. The molecule has 4 aromatic rings. The van der Waals surface area contributed by atoms with Crippen molar-refractivity contribution in [2.24, 2.45) is 30.7 Å². The Kier molecular flexibility index (Phi) is 9.55. The van der Waals surface area contributed by atoms with Crippen LogP contribution in [0.3, 0.4) is 0 Å². The van der Waals surface area contributed by atoms with Gasteiger partial charge >= 0.3 is 0 Å². The van der Waals surface area contributed by atoms with Gasteiger partial charge in [-0.1, -0.05) is 0 Å². The topological polar surface area (TPSA) is 127 Å². The lowest BCUT2D eigenvalue weighted by Crippen LogP contribution is -2.21. The number of azo groups is 3. The molecule has 208 valence electrons. The number of benzene rings is 4. The van der Waals surface area contributed by atoms with Crippen LogP contribution in [0.25, 0.3) is 0 Å². The van der Waals surface area contributed by atoms with Crippen molar-refractivity contribution in [3.05, 3.63) is 90.7 Å². The number of rotatable bonds is 10. The molecule has 11 heteroatoms. The minimum atomic E-state index is -0.608. The molecular weight excluding hydrogens is 523 g/mol. The third kappa shape index (κ3) is 8.09. The van der Waals surface area contributed by atoms with Crippen LogP contribution in [0.15, 0.2) is 116 Å². The van der Waals surface area contributed by atoms with E-state index in [4.69, 9.17) is 0 Å². The molecule has 0 aromatic heterocycles. The zero-order chi connectivity index (χ0) is 29.2. The van der Waals surface area contributed by atoms with Crippen LogP contribution in [-0.2, 0) is 4.79 Å². The lowest BCUT2D eigenvalue weighted by Gasteiger charge is -2.22. The molecule has 4 aromatic carbocycles. The first-order valence-electron chi connectivity index (χ1n) is 12.9. The van der Waals surface area contributed by atoms with Gasteiger partial charge in [0.05, 0.1) is 28.4 Å². The number of nitrogens with zero attached hydrogens (tertiary/aromatic N) is 7. The largest absolute Gasteiger partial charge is 0.508 e. The maximum atomic E-state index is 14.7. The number of halogens is 1. The summed E-state index contributed by atoms with van der Waals surface area (Å²) in [6.07, 6.45) is 0. The predicted molar refractivity (Wildman–Crippen MR) is 158 cm³/mol. The van der Waals surface area contributed by atoms with E-state index in [1.54, 1.807) is 48.5 Å². The molecule has 0 bridgehead atoms. The van der Waals surface area contributed by atoms with Gasteiger partial charge in [-0.25, -0.2) is 4.39 Å². The molecule has 0 saturated heterocycles. The molecule has 0 aliphatic carbocycles. The average Bonchev–Trinajstić information content (AvgIpc) is 2.97. The second-order valence-corrected chi connectivity index (χ2v) is 8.82. The van der Waals surface area contributed by atoms with Crippen molar-refractivity contribution in [1.82, 2.24) is 0 Å². The zero-order valence-electron chi connectivity index (χ0n) is 22.9. The Bertz CT molecular complexity index is 1580. The smallest absolute Gasteiger partial charge is 0.221 e. The quantitative estimate of drug-likeness (QED) is 0.190. The Labute approximate surface area is 237 Å². The van der Waals surface area contributed by atoms with Gasteiger partial charge in [-0.15, -0.1) is 10.2 Å². The summed E-state index contributed by atoms with van der Waals surface area (Å²) in [6, 6.07) is 22.9. The molecule has 0 atom stereocenters. The van der Waals surface area contributed by atoms with Crippen LogP contribution in [0, 0.1) is 5.82 Å². The first kappa shape index (κ1) is 28.7. The Hall–Kier alpha value is -5.32. The number of carbonyl (C=O) groups excluding carboxylic acids is 1. The molecule has 0 heterocycles. The standard InChI is InChI=1S/C30H29FN8O2/c1-4-39(5-2)25-13-17-29(30(19-25)32-20(3)40)38-36-24-12-16-28(27(31)18-24)37-35-22-8-6-21(7-9-22)33-34-23-10-14-26(41)15-11-23/h6-19,41H,4-5H2,1-3H3,(H,32,40). The first-order valence-corrected chi connectivity index (χ1v) is 12.9. The molecule has 2 N–H and O–H groups in total. The summed E-state index contributed by atoms with van der Waals surface area (Å²) in [6.45, 7) is 7.17. The Balaban J connectivity index is 1.44. The molecule has 0 aliphatic rings. The molecule has 0 aliphatic heterocycles. The van der Waals surface area contributed by atoms with Crippen LogP contribution < -0.4 is 10.2 Å². The van der Waals surface area contributed by atoms with Crippen molar-refractivity contribution in [3.8, 4) is 5.75 Å². The summed E-state index contributed by atoms with van der Waals surface area (Å²) in [5.41, 5.74) is 3.96. The van der Waals surface area contributed by atoms with E-state index in [0.717, 1.165) is 18.8 Å². The third-order valence-electron chi connectivity index (χ3n) is 5.88. The van der Waals surface area contributed by atoms with Crippen molar-refractivity contribution in [2.45, 2.75) is 20.8 Å². The van der Waals surface area contributed by atoms with Gasteiger partial charge in [0, 0.05) is 31.8 Å². The molecule has 0 spiro atoms.